The van der Waals surface area contributed by atoms with Gasteiger partial charge in [0, 0.05) is 31.2 Å². The molecule has 4 rings (SSSR count). The molecule has 3 aromatic heterocycles. The number of fused-ring (bicyclic) bond motifs is 1. The summed E-state index contributed by atoms with van der Waals surface area (Å²) in [7, 11) is 0. The van der Waals surface area contributed by atoms with Gasteiger partial charge in [0.1, 0.15) is 30.7 Å². The van der Waals surface area contributed by atoms with Crippen molar-refractivity contribution < 1.29 is 23.8 Å². The average Bonchev–Trinajstić information content (AvgIpc) is 3.29. The molecule has 30 heavy (non-hydrogen) atoms. The SMILES string of the molecule is O=C(NCC(F)(F)F)[C@H]1C[C@H](F)CN1c1ncnc(-c2c[nH]c3ncc(Cl)cc23)n1.[HH]. The van der Waals surface area contributed by atoms with Crippen LogP contribution in [0.5, 0.6) is 0 Å². The number of alkyl halides is 4. The first-order valence-electron chi connectivity index (χ1n) is 8.78. The summed E-state index contributed by atoms with van der Waals surface area (Å²) in [5.41, 5.74) is 1.10. The van der Waals surface area contributed by atoms with Crippen LogP contribution < -0.4 is 10.2 Å². The van der Waals surface area contributed by atoms with E-state index in [0.29, 0.717) is 21.6 Å². The highest BCUT2D eigenvalue weighted by Crippen LogP contribution is 2.30. The Balaban J connectivity index is 0.00000272. The summed E-state index contributed by atoms with van der Waals surface area (Å²) in [5, 5.41) is 2.83. The van der Waals surface area contributed by atoms with Crippen LogP contribution in [0, 0.1) is 0 Å². The maximum absolute atomic E-state index is 14.0. The number of nitrogens with zero attached hydrogens (tertiary/aromatic N) is 5. The summed E-state index contributed by atoms with van der Waals surface area (Å²) < 4.78 is 51.3. The second-order valence-electron chi connectivity index (χ2n) is 6.70. The van der Waals surface area contributed by atoms with E-state index >= 15 is 0 Å². The number of carbonyl (C=O) groups is 1. The Bertz CT molecular complexity index is 1100. The molecular formula is C17H16ClF4N7O. The third kappa shape index (κ3) is 4.13. The number of nitrogens with one attached hydrogen (secondary N) is 2. The van der Waals surface area contributed by atoms with Crippen molar-refractivity contribution in [2.24, 2.45) is 0 Å². The number of hydrogen-bond acceptors (Lipinski definition) is 6. The fraction of sp³-hybridized carbons (Fsp3) is 0.353. The third-order valence-corrected chi connectivity index (χ3v) is 4.78. The first kappa shape index (κ1) is 20.3. The van der Waals surface area contributed by atoms with Gasteiger partial charge in [0.2, 0.25) is 11.9 Å². The molecule has 0 aromatic carbocycles. The summed E-state index contributed by atoms with van der Waals surface area (Å²) in [6, 6.07) is 0.497. The Labute approximate surface area is 173 Å². The summed E-state index contributed by atoms with van der Waals surface area (Å²) in [6.45, 7) is -1.73. The Morgan fingerprint density at radius 2 is 2.17 bits per heavy atom. The van der Waals surface area contributed by atoms with Crippen LogP contribution in [0.3, 0.4) is 0 Å². The van der Waals surface area contributed by atoms with Crippen LogP contribution >= 0.6 is 11.6 Å². The number of aromatic nitrogens is 5. The molecule has 4 heterocycles. The van der Waals surface area contributed by atoms with Gasteiger partial charge in [-0.15, -0.1) is 0 Å². The van der Waals surface area contributed by atoms with E-state index in [-0.39, 0.29) is 26.2 Å². The van der Waals surface area contributed by atoms with Gasteiger partial charge in [-0.25, -0.2) is 19.3 Å². The summed E-state index contributed by atoms with van der Waals surface area (Å²) in [6.07, 6.45) is -1.98. The summed E-state index contributed by atoms with van der Waals surface area (Å²) >= 11 is 6.00. The minimum Gasteiger partial charge on any atom is -0.345 e. The lowest BCUT2D eigenvalue weighted by Crippen LogP contribution is -2.46. The van der Waals surface area contributed by atoms with Gasteiger partial charge >= 0.3 is 6.18 Å². The Morgan fingerprint density at radius 1 is 1.37 bits per heavy atom. The average molecular weight is 446 g/mol. The van der Waals surface area contributed by atoms with Crippen molar-refractivity contribution in [3.8, 4) is 11.4 Å². The highest BCUT2D eigenvalue weighted by atomic mass is 35.5. The molecule has 2 N–H and O–H groups in total. The van der Waals surface area contributed by atoms with Crippen LogP contribution in [0.25, 0.3) is 22.4 Å². The van der Waals surface area contributed by atoms with Crippen LogP contribution in [0.1, 0.15) is 7.85 Å². The number of aromatic amines is 1. The van der Waals surface area contributed by atoms with Crippen molar-refractivity contribution in [3.05, 3.63) is 29.8 Å². The monoisotopic (exact) mass is 445 g/mol. The quantitative estimate of drug-likeness (QED) is 0.599. The van der Waals surface area contributed by atoms with Crippen molar-refractivity contribution >= 4 is 34.5 Å². The van der Waals surface area contributed by atoms with E-state index in [1.807, 2.05) is 0 Å². The minimum atomic E-state index is -4.57. The molecule has 1 saturated heterocycles. The molecule has 1 aliphatic rings. The minimum absolute atomic E-state index is 0. The standard InChI is InChI=1S/C17H14ClF4N7O.H2/c18-8-1-10-11(4-24-13(10)23-3-8)14-26-7-27-16(28-14)29-5-9(19)2-12(29)15(30)25-6-17(20,21)22;/h1,3-4,7,9,12H,2,5-6H2,(H,23,24)(H,25,30);1H/t9-,12+;/m0./s1. The number of pyridine rings is 1. The lowest BCUT2D eigenvalue weighted by molar-refractivity contribution is -0.139. The predicted molar refractivity (Wildman–Crippen MR) is 102 cm³/mol. The van der Waals surface area contributed by atoms with E-state index in [1.165, 1.54) is 17.4 Å². The number of H-pyrrole nitrogens is 1. The zero-order valence-electron chi connectivity index (χ0n) is 15.1. The fourth-order valence-corrected chi connectivity index (χ4v) is 3.44. The maximum atomic E-state index is 14.0. The molecule has 8 nitrogen and oxygen atoms in total. The van der Waals surface area contributed by atoms with Crippen LogP contribution in [0.4, 0.5) is 23.5 Å². The van der Waals surface area contributed by atoms with Crippen LogP contribution in [0.2, 0.25) is 5.02 Å². The highest BCUT2D eigenvalue weighted by molar-refractivity contribution is 6.31. The van der Waals surface area contributed by atoms with Crippen molar-refractivity contribution in [1.82, 2.24) is 30.2 Å². The zero-order chi connectivity index (χ0) is 21.5. The third-order valence-electron chi connectivity index (χ3n) is 4.57. The normalized spacial score (nSPS) is 19.4. The van der Waals surface area contributed by atoms with Crippen LogP contribution in [-0.4, -0.2) is 62.3 Å². The molecule has 1 aliphatic heterocycles. The van der Waals surface area contributed by atoms with Crippen LogP contribution in [0.15, 0.2) is 24.8 Å². The van der Waals surface area contributed by atoms with E-state index < -0.39 is 30.8 Å². The molecule has 0 spiro atoms. The molecule has 1 amide bonds. The molecule has 2 atom stereocenters. The number of rotatable bonds is 4. The lowest BCUT2D eigenvalue weighted by Gasteiger charge is -2.23. The largest absolute Gasteiger partial charge is 0.405 e. The van der Waals surface area contributed by atoms with Crippen molar-refractivity contribution in [2.75, 3.05) is 18.0 Å². The molecule has 13 heteroatoms. The number of carbonyl (C=O) groups excluding carboxylic acids is 1. The van der Waals surface area contributed by atoms with Gasteiger partial charge in [-0.3, -0.25) is 4.79 Å². The second kappa shape index (κ2) is 7.67. The number of hydrogen-bond donors (Lipinski definition) is 2. The van der Waals surface area contributed by atoms with Gasteiger partial charge in [0.15, 0.2) is 5.82 Å². The lowest BCUT2D eigenvalue weighted by atomic mass is 10.2. The van der Waals surface area contributed by atoms with Crippen molar-refractivity contribution in [1.29, 1.82) is 0 Å². The van der Waals surface area contributed by atoms with Crippen molar-refractivity contribution in [2.45, 2.75) is 24.8 Å². The smallest absolute Gasteiger partial charge is 0.345 e. The van der Waals surface area contributed by atoms with Gasteiger partial charge in [-0.1, -0.05) is 11.6 Å². The number of amides is 1. The molecule has 0 bridgehead atoms. The second-order valence-corrected chi connectivity index (χ2v) is 7.13. The Kier molecular flexibility index (Phi) is 5.18. The predicted octanol–water partition coefficient (Wildman–Crippen LogP) is 2.91. The van der Waals surface area contributed by atoms with Crippen LogP contribution in [-0.2, 0) is 4.79 Å². The van der Waals surface area contributed by atoms with E-state index in [0.717, 1.165) is 0 Å². The Hall–Kier alpha value is -3.02. The molecule has 0 radical (unpaired) electrons. The first-order valence-corrected chi connectivity index (χ1v) is 9.16. The topological polar surface area (TPSA) is 99.7 Å². The van der Waals surface area contributed by atoms with E-state index in [4.69, 9.17) is 11.6 Å². The van der Waals surface area contributed by atoms with E-state index in [9.17, 15) is 22.4 Å². The molecule has 1 fully saturated rings. The maximum Gasteiger partial charge on any atom is 0.405 e. The molecule has 0 unspecified atom stereocenters. The Morgan fingerprint density at radius 3 is 2.93 bits per heavy atom. The first-order chi connectivity index (χ1) is 14.2. The van der Waals surface area contributed by atoms with Gasteiger partial charge in [0.25, 0.3) is 0 Å². The molecule has 0 saturated carbocycles. The molecule has 0 aliphatic carbocycles. The summed E-state index contributed by atoms with van der Waals surface area (Å²) in [4.78, 5) is 33.0. The molecular weight excluding hydrogens is 430 g/mol. The van der Waals surface area contributed by atoms with Gasteiger partial charge in [-0.05, 0) is 6.07 Å². The summed E-state index contributed by atoms with van der Waals surface area (Å²) in [5.74, 6) is -0.749. The van der Waals surface area contributed by atoms with Gasteiger partial charge in [0.05, 0.1) is 11.6 Å². The van der Waals surface area contributed by atoms with E-state index in [1.54, 1.807) is 17.6 Å². The van der Waals surface area contributed by atoms with Crippen molar-refractivity contribution in [3.63, 3.8) is 0 Å². The molecule has 160 valence electrons. The van der Waals surface area contributed by atoms with E-state index in [2.05, 4.69) is 24.9 Å². The highest BCUT2D eigenvalue weighted by Gasteiger charge is 2.40. The fourth-order valence-electron chi connectivity index (χ4n) is 3.28. The van der Waals surface area contributed by atoms with Gasteiger partial charge < -0.3 is 15.2 Å². The zero-order valence-corrected chi connectivity index (χ0v) is 15.9. The number of anilines is 1. The molecule has 3 aromatic rings. The van der Waals surface area contributed by atoms with Gasteiger partial charge in [-0.2, -0.15) is 18.2 Å². The number of halogens is 5.